The molecule has 0 spiro atoms. The smallest absolute Gasteiger partial charge is 0.379 e. The lowest BCUT2D eigenvalue weighted by Crippen LogP contribution is -2.19. The summed E-state index contributed by atoms with van der Waals surface area (Å²) in [6.45, 7) is 6.60. The Labute approximate surface area is 245 Å². The second-order valence-corrected chi connectivity index (χ2v) is 12.1. The van der Waals surface area contributed by atoms with E-state index in [9.17, 15) is 0 Å². The van der Waals surface area contributed by atoms with Gasteiger partial charge < -0.3 is 14.2 Å². The molecular weight excluding hydrogens is 528 g/mol. The molecule has 1 aromatic carbocycles. The molecule has 7 nitrogen and oxygen atoms in total. The van der Waals surface area contributed by atoms with Crippen molar-refractivity contribution in [3.8, 4) is 0 Å². The number of rotatable bonds is 23. The molecule has 2 atom stereocenters. The van der Waals surface area contributed by atoms with Gasteiger partial charge in [-0.15, -0.1) is 0 Å². The standard InChI is InChI=1S/C32H56O3.H2O4S/c1-3-4-5-6-7-8-9-10-11-12-13-14-15-16-17-21-32-34-28-31(35-32)27-33-26-19-18-20-30-24-22-29(2)23-25-30;1-5(2,3)4/h22-25,31-32H,3-21,26-28H2,1-2H3;(H2,1,2,3,4)/t31-,32-;/m0./s1. The number of hydrogen-bond acceptors (Lipinski definition) is 5. The summed E-state index contributed by atoms with van der Waals surface area (Å²) in [5, 5.41) is 0. The topological polar surface area (TPSA) is 102 Å². The zero-order valence-corrected chi connectivity index (χ0v) is 26.2. The van der Waals surface area contributed by atoms with E-state index in [0.29, 0.717) is 13.2 Å². The van der Waals surface area contributed by atoms with Crippen LogP contribution in [0.4, 0.5) is 0 Å². The molecule has 0 bridgehead atoms. The predicted octanol–water partition coefficient (Wildman–Crippen LogP) is 8.68. The van der Waals surface area contributed by atoms with Gasteiger partial charge in [-0.3, -0.25) is 9.11 Å². The van der Waals surface area contributed by atoms with Crippen LogP contribution in [0.25, 0.3) is 0 Å². The molecule has 0 aromatic heterocycles. The average Bonchev–Trinajstić information content (AvgIpc) is 3.36. The second-order valence-electron chi connectivity index (χ2n) is 11.2. The fraction of sp³-hybridized carbons (Fsp3) is 0.812. The van der Waals surface area contributed by atoms with Crippen molar-refractivity contribution in [3.05, 3.63) is 35.4 Å². The van der Waals surface area contributed by atoms with Gasteiger partial charge in [0, 0.05) is 6.61 Å². The van der Waals surface area contributed by atoms with E-state index in [1.807, 2.05) is 0 Å². The molecule has 0 radical (unpaired) electrons. The summed E-state index contributed by atoms with van der Waals surface area (Å²) in [4.78, 5) is 0. The minimum absolute atomic E-state index is 0.00731. The van der Waals surface area contributed by atoms with E-state index >= 15 is 0 Å². The van der Waals surface area contributed by atoms with Gasteiger partial charge >= 0.3 is 10.4 Å². The lowest BCUT2D eigenvalue weighted by atomic mass is 10.0. The zero-order valence-electron chi connectivity index (χ0n) is 25.4. The van der Waals surface area contributed by atoms with Crippen LogP contribution >= 0.6 is 0 Å². The molecule has 1 aliphatic rings. The molecule has 0 amide bonds. The average molecular weight is 587 g/mol. The first-order valence-corrected chi connectivity index (χ1v) is 17.3. The van der Waals surface area contributed by atoms with Crippen molar-refractivity contribution in [2.24, 2.45) is 0 Å². The van der Waals surface area contributed by atoms with Crippen LogP contribution in [0.5, 0.6) is 0 Å². The third-order valence-corrected chi connectivity index (χ3v) is 7.28. The first kappa shape index (κ1) is 37.0. The highest BCUT2D eigenvalue weighted by Crippen LogP contribution is 2.19. The van der Waals surface area contributed by atoms with Crippen LogP contribution in [-0.2, 0) is 31.0 Å². The molecule has 1 fully saturated rings. The number of unbranched alkanes of at least 4 members (excludes halogenated alkanes) is 15. The summed E-state index contributed by atoms with van der Waals surface area (Å²) in [7, 11) is -4.67. The number of hydrogen-bond donors (Lipinski definition) is 2. The summed E-state index contributed by atoms with van der Waals surface area (Å²) >= 11 is 0. The van der Waals surface area contributed by atoms with Crippen molar-refractivity contribution in [1.29, 1.82) is 0 Å². The minimum atomic E-state index is -4.67. The van der Waals surface area contributed by atoms with Gasteiger partial charge in [-0.05, 0) is 44.6 Å². The summed E-state index contributed by atoms with van der Waals surface area (Å²) in [5.74, 6) is 0. The lowest BCUT2D eigenvalue weighted by Gasteiger charge is -2.12. The van der Waals surface area contributed by atoms with E-state index in [2.05, 4.69) is 38.1 Å². The van der Waals surface area contributed by atoms with Crippen molar-refractivity contribution < 1.29 is 31.7 Å². The Hall–Kier alpha value is -1.03. The van der Waals surface area contributed by atoms with Crippen LogP contribution in [0.3, 0.4) is 0 Å². The SMILES string of the molecule is CCCCCCCCCCCCCCCCC[C@H]1OC[C@H](COCCCCc2ccc(C)cc2)O1.O=S(=O)(O)O. The fourth-order valence-corrected chi connectivity index (χ4v) is 4.93. The van der Waals surface area contributed by atoms with Crippen LogP contribution in [0.15, 0.2) is 24.3 Å². The molecule has 8 heteroatoms. The third kappa shape index (κ3) is 24.7. The molecule has 234 valence electrons. The van der Waals surface area contributed by atoms with Gasteiger partial charge in [0.1, 0.15) is 6.10 Å². The Morgan fingerprint density at radius 3 is 1.80 bits per heavy atom. The lowest BCUT2D eigenvalue weighted by molar-refractivity contribution is -0.0760. The van der Waals surface area contributed by atoms with Crippen molar-refractivity contribution in [2.75, 3.05) is 19.8 Å². The highest BCUT2D eigenvalue weighted by atomic mass is 32.3. The maximum absolute atomic E-state index is 8.74. The summed E-state index contributed by atoms with van der Waals surface area (Å²) in [5.41, 5.74) is 2.75. The minimum Gasteiger partial charge on any atom is -0.379 e. The second kappa shape index (κ2) is 24.6. The molecule has 1 aliphatic heterocycles. The maximum atomic E-state index is 8.74. The Morgan fingerprint density at radius 1 is 0.775 bits per heavy atom. The maximum Gasteiger partial charge on any atom is 0.394 e. The van der Waals surface area contributed by atoms with E-state index in [-0.39, 0.29) is 12.4 Å². The molecule has 1 aromatic rings. The van der Waals surface area contributed by atoms with E-state index in [1.54, 1.807) is 0 Å². The van der Waals surface area contributed by atoms with E-state index in [1.165, 1.54) is 114 Å². The first-order chi connectivity index (χ1) is 19.3. The summed E-state index contributed by atoms with van der Waals surface area (Å²) in [6.07, 6.45) is 25.6. The van der Waals surface area contributed by atoms with E-state index < -0.39 is 10.4 Å². The van der Waals surface area contributed by atoms with Crippen LogP contribution in [0, 0.1) is 6.92 Å². The zero-order chi connectivity index (χ0) is 29.3. The molecule has 0 unspecified atom stereocenters. The van der Waals surface area contributed by atoms with Gasteiger partial charge in [0.15, 0.2) is 6.29 Å². The van der Waals surface area contributed by atoms with E-state index in [0.717, 1.165) is 25.9 Å². The molecule has 0 saturated carbocycles. The molecular formula is C32H58O7S. The normalized spacial score (nSPS) is 17.1. The largest absolute Gasteiger partial charge is 0.394 e. The van der Waals surface area contributed by atoms with Gasteiger partial charge in [0.2, 0.25) is 0 Å². The van der Waals surface area contributed by atoms with Gasteiger partial charge in [0.25, 0.3) is 0 Å². The quantitative estimate of drug-likeness (QED) is 0.0976. The van der Waals surface area contributed by atoms with Gasteiger partial charge in [0.05, 0.1) is 13.2 Å². The van der Waals surface area contributed by atoms with Gasteiger partial charge in [-0.25, -0.2) is 0 Å². The molecule has 40 heavy (non-hydrogen) atoms. The van der Waals surface area contributed by atoms with Crippen LogP contribution in [0.2, 0.25) is 0 Å². The number of aryl methyl sites for hydroxylation is 2. The Morgan fingerprint density at radius 2 is 1.27 bits per heavy atom. The fourth-order valence-electron chi connectivity index (χ4n) is 4.93. The van der Waals surface area contributed by atoms with Crippen molar-refractivity contribution in [3.63, 3.8) is 0 Å². The van der Waals surface area contributed by atoms with Crippen LogP contribution in [-0.4, -0.2) is 49.7 Å². The summed E-state index contributed by atoms with van der Waals surface area (Å²) < 4.78 is 49.3. The molecule has 0 aliphatic carbocycles. The summed E-state index contributed by atoms with van der Waals surface area (Å²) in [6, 6.07) is 8.86. The Balaban J connectivity index is 0.00000146. The molecule has 2 N–H and O–H groups in total. The number of ether oxygens (including phenoxy) is 3. The van der Waals surface area contributed by atoms with Crippen molar-refractivity contribution in [2.45, 2.75) is 148 Å². The molecule has 2 rings (SSSR count). The Bertz CT molecular complexity index is 790. The van der Waals surface area contributed by atoms with Crippen LogP contribution < -0.4 is 0 Å². The van der Waals surface area contributed by atoms with Crippen molar-refractivity contribution in [1.82, 2.24) is 0 Å². The molecule has 1 saturated heterocycles. The monoisotopic (exact) mass is 586 g/mol. The Kier molecular flexibility index (Phi) is 22.7. The van der Waals surface area contributed by atoms with Gasteiger partial charge in [-0.2, -0.15) is 8.42 Å². The van der Waals surface area contributed by atoms with Gasteiger partial charge in [-0.1, -0.05) is 127 Å². The highest BCUT2D eigenvalue weighted by Gasteiger charge is 2.25. The van der Waals surface area contributed by atoms with E-state index in [4.69, 9.17) is 31.7 Å². The highest BCUT2D eigenvalue weighted by molar-refractivity contribution is 7.79. The molecule has 1 heterocycles. The third-order valence-electron chi connectivity index (χ3n) is 7.28. The van der Waals surface area contributed by atoms with Crippen molar-refractivity contribution >= 4 is 10.4 Å². The first-order valence-electron chi connectivity index (χ1n) is 15.9. The number of benzene rings is 1. The van der Waals surface area contributed by atoms with Crippen LogP contribution in [0.1, 0.15) is 134 Å². The predicted molar refractivity (Wildman–Crippen MR) is 163 cm³/mol.